The van der Waals surface area contributed by atoms with Crippen LogP contribution in [0.4, 0.5) is 5.69 Å². The summed E-state index contributed by atoms with van der Waals surface area (Å²) < 4.78 is 5.54. The van der Waals surface area contributed by atoms with Crippen LogP contribution in [0.5, 0.6) is 5.75 Å². The molecular weight excluding hydrogens is 340 g/mol. The Kier molecular flexibility index (Phi) is 5.24. The summed E-state index contributed by atoms with van der Waals surface area (Å²) in [5, 5.41) is 3.48. The lowest BCUT2D eigenvalue weighted by Crippen LogP contribution is -2.39. The number of carbonyl (C=O) groups is 2. The van der Waals surface area contributed by atoms with E-state index in [0.717, 1.165) is 11.3 Å². The molecule has 2 aromatic rings. The summed E-state index contributed by atoms with van der Waals surface area (Å²) in [6.45, 7) is 2.29. The van der Waals surface area contributed by atoms with E-state index in [-0.39, 0.29) is 30.9 Å². The molecule has 130 valence electrons. The molecule has 0 bridgehead atoms. The summed E-state index contributed by atoms with van der Waals surface area (Å²) in [4.78, 5) is 25.9. The van der Waals surface area contributed by atoms with E-state index in [1.807, 2.05) is 31.2 Å². The monoisotopic (exact) mass is 358 g/mol. The van der Waals surface area contributed by atoms with Gasteiger partial charge in [-0.05, 0) is 42.8 Å². The predicted octanol–water partition coefficient (Wildman–Crippen LogP) is 2.95. The van der Waals surface area contributed by atoms with E-state index in [2.05, 4.69) is 5.32 Å². The average molecular weight is 359 g/mol. The van der Waals surface area contributed by atoms with E-state index in [0.29, 0.717) is 17.3 Å². The van der Waals surface area contributed by atoms with Crippen LogP contribution in [0.2, 0.25) is 5.02 Å². The highest BCUT2D eigenvalue weighted by atomic mass is 35.5. The van der Waals surface area contributed by atoms with Crippen molar-refractivity contribution in [2.45, 2.75) is 19.4 Å². The fourth-order valence-corrected chi connectivity index (χ4v) is 2.93. The molecule has 0 radical (unpaired) electrons. The third-order valence-electron chi connectivity index (χ3n) is 4.08. The predicted molar refractivity (Wildman–Crippen MR) is 97.0 cm³/mol. The van der Waals surface area contributed by atoms with Crippen LogP contribution in [0.25, 0.3) is 0 Å². The van der Waals surface area contributed by atoms with Gasteiger partial charge in [0.15, 0.2) is 6.61 Å². The highest BCUT2D eigenvalue weighted by Gasteiger charge is 2.31. The van der Waals surface area contributed by atoms with Crippen molar-refractivity contribution in [1.29, 1.82) is 0 Å². The maximum Gasteiger partial charge on any atom is 0.258 e. The van der Waals surface area contributed by atoms with Crippen LogP contribution in [0.15, 0.2) is 48.5 Å². The van der Waals surface area contributed by atoms with E-state index in [4.69, 9.17) is 16.3 Å². The minimum Gasteiger partial charge on any atom is -0.484 e. The molecule has 0 spiro atoms. The Morgan fingerprint density at radius 2 is 1.96 bits per heavy atom. The number of rotatable bonds is 5. The number of carbonyl (C=O) groups excluding carboxylic acids is 2. The molecule has 0 aliphatic carbocycles. The standard InChI is InChI=1S/C19H19ClN2O3/c1-13-4-2-3-5-17(13)25-12-18(23)21-15-10-19(24)22(11-15)16-8-6-14(20)7-9-16/h2-9,15H,10-12H2,1H3,(H,21,23)/t15-/m1/s1. The minimum absolute atomic E-state index is 0.0209. The van der Waals surface area contributed by atoms with Crippen LogP contribution < -0.4 is 15.0 Å². The SMILES string of the molecule is Cc1ccccc1OCC(=O)N[C@@H]1CC(=O)N(c2ccc(Cl)cc2)C1. The fourth-order valence-electron chi connectivity index (χ4n) is 2.81. The number of ether oxygens (including phenoxy) is 1. The Bertz CT molecular complexity index is 776. The van der Waals surface area contributed by atoms with E-state index >= 15 is 0 Å². The van der Waals surface area contributed by atoms with E-state index in [9.17, 15) is 9.59 Å². The number of aryl methyl sites for hydroxylation is 1. The minimum atomic E-state index is -0.237. The van der Waals surface area contributed by atoms with Crippen molar-refractivity contribution in [1.82, 2.24) is 5.32 Å². The zero-order valence-electron chi connectivity index (χ0n) is 13.9. The van der Waals surface area contributed by atoms with Gasteiger partial charge in [-0.3, -0.25) is 9.59 Å². The Morgan fingerprint density at radius 3 is 2.68 bits per heavy atom. The van der Waals surface area contributed by atoms with Gasteiger partial charge in [-0.2, -0.15) is 0 Å². The van der Waals surface area contributed by atoms with E-state index in [1.165, 1.54) is 0 Å². The zero-order valence-corrected chi connectivity index (χ0v) is 14.6. The number of para-hydroxylation sites is 1. The van der Waals surface area contributed by atoms with Gasteiger partial charge in [0.1, 0.15) is 5.75 Å². The molecule has 6 heteroatoms. The van der Waals surface area contributed by atoms with Gasteiger partial charge in [0, 0.05) is 23.7 Å². The van der Waals surface area contributed by atoms with Crippen molar-refractivity contribution in [3.63, 3.8) is 0 Å². The number of benzene rings is 2. The van der Waals surface area contributed by atoms with Crippen molar-refractivity contribution in [2.24, 2.45) is 0 Å². The summed E-state index contributed by atoms with van der Waals surface area (Å²) in [6, 6.07) is 14.4. The number of hydrogen-bond acceptors (Lipinski definition) is 3. The molecule has 1 atom stereocenters. The number of nitrogens with one attached hydrogen (secondary N) is 1. The molecule has 1 saturated heterocycles. The first kappa shape index (κ1) is 17.3. The first-order valence-corrected chi connectivity index (χ1v) is 8.44. The van der Waals surface area contributed by atoms with Gasteiger partial charge in [0.05, 0.1) is 6.04 Å². The molecule has 1 aliphatic rings. The normalized spacial score (nSPS) is 16.8. The zero-order chi connectivity index (χ0) is 17.8. The summed E-state index contributed by atoms with van der Waals surface area (Å²) in [5.41, 5.74) is 1.75. The fraction of sp³-hybridized carbons (Fsp3) is 0.263. The Morgan fingerprint density at radius 1 is 1.24 bits per heavy atom. The summed E-state index contributed by atoms with van der Waals surface area (Å²) in [5.74, 6) is 0.425. The van der Waals surface area contributed by atoms with Crippen LogP contribution >= 0.6 is 11.6 Å². The first-order chi connectivity index (χ1) is 12.0. The van der Waals surface area contributed by atoms with Crippen LogP contribution in [0.3, 0.4) is 0 Å². The molecule has 0 aromatic heterocycles. The Labute approximate surface area is 151 Å². The van der Waals surface area contributed by atoms with Gasteiger partial charge < -0.3 is 15.0 Å². The smallest absolute Gasteiger partial charge is 0.258 e. The van der Waals surface area contributed by atoms with Gasteiger partial charge in [0.2, 0.25) is 5.91 Å². The number of halogens is 1. The van der Waals surface area contributed by atoms with Crippen molar-refractivity contribution < 1.29 is 14.3 Å². The molecule has 3 rings (SSSR count). The van der Waals surface area contributed by atoms with Crippen LogP contribution in [-0.2, 0) is 9.59 Å². The molecule has 1 aliphatic heterocycles. The second-order valence-electron chi connectivity index (χ2n) is 6.00. The summed E-state index contributed by atoms with van der Waals surface area (Å²) in [7, 11) is 0. The largest absolute Gasteiger partial charge is 0.484 e. The molecule has 1 N–H and O–H groups in total. The Hall–Kier alpha value is -2.53. The van der Waals surface area contributed by atoms with Crippen molar-refractivity contribution in [3.05, 3.63) is 59.1 Å². The highest BCUT2D eigenvalue weighted by Crippen LogP contribution is 2.23. The van der Waals surface area contributed by atoms with Crippen molar-refractivity contribution in [2.75, 3.05) is 18.1 Å². The van der Waals surface area contributed by atoms with Gasteiger partial charge in [0.25, 0.3) is 5.91 Å². The lowest BCUT2D eigenvalue weighted by atomic mass is 10.2. The average Bonchev–Trinajstić information content (AvgIpc) is 2.95. The highest BCUT2D eigenvalue weighted by molar-refractivity contribution is 6.30. The summed E-state index contributed by atoms with van der Waals surface area (Å²) in [6.07, 6.45) is 0.277. The van der Waals surface area contributed by atoms with E-state index in [1.54, 1.807) is 29.2 Å². The van der Waals surface area contributed by atoms with Gasteiger partial charge in [-0.25, -0.2) is 0 Å². The molecule has 2 amide bonds. The molecule has 2 aromatic carbocycles. The molecule has 1 heterocycles. The molecule has 25 heavy (non-hydrogen) atoms. The lowest BCUT2D eigenvalue weighted by Gasteiger charge is -2.17. The third kappa shape index (κ3) is 4.31. The second-order valence-corrected chi connectivity index (χ2v) is 6.44. The van der Waals surface area contributed by atoms with Gasteiger partial charge in [-0.1, -0.05) is 29.8 Å². The van der Waals surface area contributed by atoms with Crippen molar-refractivity contribution in [3.8, 4) is 5.75 Å². The van der Waals surface area contributed by atoms with Crippen molar-refractivity contribution >= 4 is 29.1 Å². The molecule has 1 fully saturated rings. The Balaban J connectivity index is 1.53. The maximum atomic E-state index is 12.2. The molecule has 0 unspecified atom stereocenters. The molecule has 5 nitrogen and oxygen atoms in total. The lowest BCUT2D eigenvalue weighted by molar-refractivity contribution is -0.123. The number of amides is 2. The van der Waals surface area contributed by atoms with Crippen LogP contribution in [-0.4, -0.2) is 31.0 Å². The van der Waals surface area contributed by atoms with E-state index < -0.39 is 0 Å². The topological polar surface area (TPSA) is 58.6 Å². The van der Waals surface area contributed by atoms with Crippen LogP contribution in [0.1, 0.15) is 12.0 Å². The number of anilines is 1. The maximum absolute atomic E-state index is 12.2. The molecular formula is C19H19ClN2O3. The number of nitrogens with zero attached hydrogens (tertiary/aromatic N) is 1. The molecule has 0 saturated carbocycles. The second kappa shape index (κ2) is 7.57. The van der Waals surface area contributed by atoms with Gasteiger partial charge in [-0.15, -0.1) is 0 Å². The summed E-state index contributed by atoms with van der Waals surface area (Å²) >= 11 is 5.87. The third-order valence-corrected chi connectivity index (χ3v) is 4.33. The quantitative estimate of drug-likeness (QED) is 0.894. The van der Waals surface area contributed by atoms with Crippen LogP contribution in [0, 0.1) is 6.92 Å². The number of hydrogen-bond donors (Lipinski definition) is 1. The first-order valence-electron chi connectivity index (χ1n) is 8.06. The van der Waals surface area contributed by atoms with Gasteiger partial charge >= 0.3 is 0 Å².